The number of carbonyl (C=O) groups is 2. The highest BCUT2D eigenvalue weighted by molar-refractivity contribution is 5.97. The minimum absolute atomic E-state index is 0.125. The molecule has 1 aromatic heterocycles. The molecule has 8 heteroatoms. The Morgan fingerprint density at radius 3 is 2.67 bits per heavy atom. The third kappa shape index (κ3) is 3.84. The number of benzene rings is 2. The molecule has 1 aliphatic rings. The van der Waals surface area contributed by atoms with Gasteiger partial charge in [0.15, 0.2) is 0 Å². The monoisotopic (exact) mass is 405 g/mol. The molecule has 0 bridgehead atoms. The van der Waals surface area contributed by atoms with Crippen molar-refractivity contribution >= 4 is 17.6 Å². The Balaban J connectivity index is 1.59. The molecule has 1 saturated heterocycles. The number of amides is 3. The Morgan fingerprint density at radius 1 is 1.23 bits per heavy atom. The first kappa shape index (κ1) is 19.5. The fourth-order valence-corrected chi connectivity index (χ4v) is 3.50. The van der Waals surface area contributed by atoms with Gasteiger partial charge in [-0.3, -0.25) is 9.69 Å². The van der Waals surface area contributed by atoms with Crippen molar-refractivity contribution < 1.29 is 14.3 Å². The van der Waals surface area contributed by atoms with Gasteiger partial charge in [0.05, 0.1) is 7.11 Å². The van der Waals surface area contributed by atoms with Gasteiger partial charge in [0, 0.05) is 43.8 Å². The van der Waals surface area contributed by atoms with Crippen LogP contribution in [0.5, 0.6) is 5.75 Å². The smallest absolute Gasteiger partial charge is 0.321 e. The molecule has 2 N–H and O–H groups in total. The van der Waals surface area contributed by atoms with Crippen LogP contribution in [-0.2, 0) is 7.05 Å². The number of nitrogens with one attached hydrogen (secondary N) is 2. The molecule has 2 heterocycles. The zero-order valence-electron chi connectivity index (χ0n) is 16.8. The van der Waals surface area contributed by atoms with Crippen LogP contribution >= 0.6 is 0 Å². The van der Waals surface area contributed by atoms with Crippen LogP contribution in [0.15, 0.2) is 60.9 Å². The maximum absolute atomic E-state index is 13.0. The third-order valence-electron chi connectivity index (χ3n) is 5.12. The van der Waals surface area contributed by atoms with E-state index in [2.05, 4.69) is 15.6 Å². The zero-order chi connectivity index (χ0) is 21.1. The number of anilines is 1. The summed E-state index contributed by atoms with van der Waals surface area (Å²) < 4.78 is 7.21. The molecule has 4 rings (SSSR count). The number of aryl methyl sites for hydroxylation is 1. The summed E-state index contributed by atoms with van der Waals surface area (Å²) in [6.07, 6.45) is 3.54. The lowest BCUT2D eigenvalue weighted by Crippen LogP contribution is -2.31. The fraction of sp³-hybridized carbons (Fsp3) is 0.227. The quantitative estimate of drug-likeness (QED) is 0.660. The number of urea groups is 1. The first-order valence-corrected chi connectivity index (χ1v) is 9.64. The Hall–Kier alpha value is -3.81. The number of aromatic nitrogens is 2. The highest BCUT2D eigenvalue weighted by atomic mass is 16.5. The van der Waals surface area contributed by atoms with Crippen LogP contribution in [-0.4, -0.2) is 41.7 Å². The number of nitrogens with zero attached hydrogens (tertiary/aromatic N) is 3. The average molecular weight is 405 g/mol. The molecular formula is C22H23N5O3. The minimum Gasteiger partial charge on any atom is -0.497 e. The minimum atomic E-state index is -0.448. The van der Waals surface area contributed by atoms with Crippen LogP contribution in [0, 0.1) is 0 Å². The number of carbonyl (C=O) groups excluding carboxylic acids is 2. The molecule has 8 nitrogen and oxygen atoms in total. The van der Waals surface area contributed by atoms with E-state index >= 15 is 0 Å². The molecule has 2 aromatic carbocycles. The van der Waals surface area contributed by atoms with Gasteiger partial charge in [0.25, 0.3) is 5.91 Å². The van der Waals surface area contributed by atoms with E-state index in [9.17, 15) is 9.59 Å². The number of methoxy groups -OCH3 is 1. The highest BCUT2D eigenvalue weighted by Gasteiger charge is 2.23. The number of rotatable bonds is 6. The maximum atomic E-state index is 13.0. The van der Waals surface area contributed by atoms with E-state index in [-0.39, 0.29) is 11.9 Å². The van der Waals surface area contributed by atoms with E-state index in [0.29, 0.717) is 30.2 Å². The fourth-order valence-electron chi connectivity index (χ4n) is 3.50. The second kappa shape index (κ2) is 8.28. The predicted octanol–water partition coefficient (Wildman–Crippen LogP) is 2.48. The van der Waals surface area contributed by atoms with Crippen LogP contribution in [0.25, 0.3) is 0 Å². The normalized spacial score (nSPS) is 14.3. The van der Waals surface area contributed by atoms with Crippen molar-refractivity contribution in [1.29, 1.82) is 0 Å². The molecule has 1 aliphatic heterocycles. The second-order valence-electron chi connectivity index (χ2n) is 7.01. The third-order valence-corrected chi connectivity index (χ3v) is 5.12. The van der Waals surface area contributed by atoms with Crippen LogP contribution in [0.3, 0.4) is 0 Å². The maximum Gasteiger partial charge on any atom is 0.321 e. The van der Waals surface area contributed by atoms with E-state index < -0.39 is 6.04 Å². The van der Waals surface area contributed by atoms with Crippen molar-refractivity contribution in [3.63, 3.8) is 0 Å². The van der Waals surface area contributed by atoms with E-state index in [4.69, 9.17) is 4.74 Å². The van der Waals surface area contributed by atoms with Crippen LogP contribution in [0.2, 0.25) is 0 Å². The molecule has 1 unspecified atom stereocenters. The molecule has 0 aliphatic carbocycles. The van der Waals surface area contributed by atoms with E-state index in [1.54, 1.807) is 42.5 Å². The van der Waals surface area contributed by atoms with Crippen molar-refractivity contribution in [2.45, 2.75) is 6.04 Å². The van der Waals surface area contributed by atoms with Gasteiger partial charge >= 0.3 is 6.03 Å². The summed E-state index contributed by atoms with van der Waals surface area (Å²) in [7, 11) is 3.49. The molecule has 30 heavy (non-hydrogen) atoms. The summed E-state index contributed by atoms with van der Waals surface area (Å²) in [6, 6.07) is 14.0. The van der Waals surface area contributed by atoms with Crippen LogP contribution < -0.4 is 20.3 Å². The Labute approximate surface area is 174 Å². The number of imidazole rings is 1. The molecule has 1 fully saturated rings. The van der Waals surface area contributed by atoms with Gasteiger partial charge in [-0.1, -0.05) is 12.1 Å². The summed E-state index contributed by atoms with van der Waals surface area (Å²) in [5.74, 6) is 1.18. The number of hydrogen-bond donors (Lipinski definition) is 2. The Morgan fingerprint density at radius 2 is 2.03 bits per heavy atom. The van der Waals surface area contributed by atoms with E-state index in [0.717, 1.165) is 11.3 Å². The average Bonchev–Trinajstić information content (AvgIpc) is 3.40. The first-order valence-electron chi connectivity index (χ1n) is 9.64. The summed E-state index contributed by atoms with van der Waals surface area (Å²) in [4.78, 5) is 30.9. The largest absolute Gasteiger partial charge is 0.497 e. The topological polar surface area (TPSA) is 88.5 Å². The van der Waals surface area contributed by atoms with Gasteiger partial charge < -0.3 is 19.9 Å². The molecule has 0 spiro atoms. The Kier molecular flexibility index (Phi) is 5.38. The summed E-state index contributed by atoms with van der Waals surface area (Å²) in [5, 5.41) is 5.84. The molecule has 3 amide bonds. The van der Waals surface area contributed by atoms with Crippen molar-refractivity contribution in [3.8, 4) is 5.75 Å². The molecule has 1 atom stereocenters. The van der Waals surface area contributed by atoms with Gasteiger partial charge in [-0.2, -0.15) is 0 Å². The number of ether oxygens (including phenoxy) is 1. The second-order valence-corrected chi connectivity index (χ2v) is 7.01. The molecule has 3 aromatic rings. The highest BCUT2D eigenvalue weighted by Crippen LogP contribution is 2.25. The summed E-state index contributed by atoms with van der Waals surface area (Å²) in [5.41, 5.74) is 2.12. The van der Waals surface area contributed by atoms with Gasteiger partial charge in [0.1, 0.15) is 17.6 Å². The van der Waals surface area contributed by atoms with Crippen molar-refractivity contribution in [2.24, 2.45) is 7.05 Å². The van der Waals surface area contributed by atoms with E-state index in [1.807, 2.05) is 42.1 Å². The molecular weight excluding hydrogens is 382 g/mol. The lowest BCUT2D eigenvalue weighted by atomic mass is 10.0. The van der Waals surface area contributed by atoms with Crippen molar-refractivity contribution in [2.75, 3.05) is 25.1 Å². The summed E-state index contributed by atoms with van der Waals surface area (Å²) >= 11 is 0. The SMILES string of the molecule is COc1cccc(C(NC(=O)c2ccc(N3CCNC3=O)cc2)c2nccn2C)c1. The standard InChI is InChI=1S/C22H23N5O3/c1-26-12-10-23-20(26)19(16-4-3-5-18(14-16)30-2)25-21(28)15-6-8-17(9-7-15)27-13-11-24-22(27)29/h3-10,12,14,19H,11,13H2,1-2H3,(H,24,29)(H,25,28). The van der Waals surface area contributed by atoms with Gasteiger partial charge in [-0.05, 0) is 42.0 Å². The van der Waals surface area contributed by atoms with Gasteiger partial charge in [-0.15, -0.1) is 0 Å². The van der Waals surface area contributed by atoms with Crippen LogP contribution in [0.4, 0.5) is 10.5 Å². The van der Waals surface area contributed by atoms with Crippen molar-refractivity contribution in [1.82, 2.24) is 20.2 Å². The predicted molar refractivity (Wildman–Crippen MR) is 113 cm³/mol. The Bertz CT molecular complexity index is 1060. The number of hydrogen-bond acceptors (Lipinski definition) is 4. The zero-order valence-corrected chi connectivity index (χ0v) is 16.8. The lowest BCUT2D eigenvalue weighted by Gasteiger charge is -2.20. The van der Waals surface area contributed by atoms with Gasteiger partial charge in [-0.25, -0.2) is 9.78 Å². The lowest BCUT2D eigenvalue weighted by molar-refractivity contribution is 0.0941. The summed E-state index contributed by atoms with van der Waals surface area (Å²) in [6.45, 7) is 1.23. The molecule has 0 saturated carbocycles. The molecule has 0 radical (unpaired) electrons. The first-order chi connectivity index (χ1) is 14.6. The molecule has 154 valence electrons. The van der Waals surface area contributed by atoms with E-state index in [1.165, 1.54) is 0 Å². The van der Waals surface area contributed by atoms with Crippen LogP contribution in [0.1, 0.15) is 27.8 Å². The van der Waals surface area contributed by atoms with Gasteiger partial charge in [0.2, 0.25) is 0 Å². The van der Waals surface area contributed by atoms with Crippen molar-refractivity contribution in [3.05, 3.63) is 77.9 Å².